The van der Waals surface area contributed by atoms with E-state index in [4.69, 9.17) is 4.74 Å². The molecule has 1 heterocycles. The second kappa shape index (κ2) is 8.82. The van der Waals surface area contributed by atoms with Gasteiger partial charge in [-0.1, -0.05) is 30.3 Å². The SMILES string of the molecule is O=C(O)c1cncc(C2=C(c3cc(C(F)(F)F)ccc3OCc3ccccc3)CCC2)n1. The number of benzene rings is 2. The number of carbonyl (C=O) groups is 1. The zero-order valence-electron chi connectivity index (χ0n) is 16.9. The molecule has 1 aliphatic carbocycles. The maximum absolute atomic E-state index is 13.5. The minimum absolute atomic E-state index is 0.204. The van der Waals surface area contributed by atoms with Gasteiger partial charge in [-0.15, -0.1) is 0 Å². The van der Waals surface area contributed by atoms with E-state index in [0.29, 0.717) is 47.4 Å². The summed E-state index contributed by atoms with van der Waals surface area (Å²) < 4.78 is 46.3. The highest BCUT2D eigenvalue weighted by molar-refractivity contribution is 5.94. The largest absolute Gasteiger partial charge is 0.488 e. The van der Waals surface area contributed by atoms with Gasteiger partial charge in [0.2, 0.25) is 0 Å². The van der Waals surface area contributed by atoms with Crippen molar-refractivity contribution >= 4 is 17.1 Å². The van der Waals surface area contributed by atoms with Crippen molar-refractivity contribution in [2.75, 3.05) is 0 Å². The van der Waals surface area contributed by atoms with E-state index in [0.717, 1.165) is 23.9 Å². The molecule has 1 aromatic heterocycles. The van der Waals surface area contributed by atoms with Crippen molar-refractivity contribution in [2.24, 2.45) is 0 Å². The number of hydrogen-bond acceptors (Lipinski definition) is 4. The molecule has 1 N–H and O–H groups in total. The monoisotopic (exact) mass is 440 g/mol. The first-order valence-electron chi connectivity index (χ1n) is 9.99. The van der Waals surface area contributed by atoms with E-state index in [9.17, 15) is 23.1 Å². The van der Waals surface area contributed by atoms with Crippen LogP contribution >= 0.6 is 0 Å². The fourth-order valence-corrected chi connectivity index (χ4v) is 3.74. The zero-order chi connectivity index (χ0) is 22.7. The minimum Gasteiger partial charge on any atom is -0.488 e. The van der Waals surface area contributed by atoms with Crippen molar-refractivity contribution in [2.45, 2.75) is 32.0 Å². The van der Waals surface area contributed by atoms with E-state index in [1.54, 1.807) is 0 Å². The van der Waals surface area contributed by atoms with Crippen molar-refractivity contribution in [3.8, 4) is 5.75 Å². The van der Waals surface area contributed by atoms with Crippen LogP contribution in [0.25, 0.3) is 11.1 Å². The summed E-state index contributed by atoms with van der Waals surface area (Å²) >= 11 is 0. The van der Waals surface area contributed by atoms with Crippen LogP contribution in [0.4, 0.5) is 13.2 Å². The van der Waals surface area contributed by atoms with Crippen LogP contribution in [0.3, 0.4) is 0 Å². The number of carboxylic acids is 1. The van der Waals surface area contributed by atoms with Crippen LogP contribution in [-0.4, -0.2) is 21.0 Å². The summed E-state index contributed by atoms with van der Waals surface area (Å²) in [7, 11) is 0. The number of nitrogens with zero attached hydrogens (tertiary/aromatic N) is 2. The smallest absolute Gasteiger partial charge is 0.416 e. The van der Waals surface area contributed by atoms with E-state index < -0.39 is 17.7 Å². The van der Waals surface area contributed by atoms with Gasteiger partial charge in [-0.25, -0.2) is 9.78 Å². The van der Waals surface area contributed by atoms with E-state index in [-0.39, 0.29) is 12.3 Å². The van der Waals surface area contributed by atoms with E-state index in [1.807, 2.05) is 30.3 Å². The molecule has 0 spiro atoms. The molecule has 0 unspecified atom stereocenters. The number of aromatic carboxylic acids is 1. The number of allylic oxidation sites excluding steroid dienone is 2. The lowest BCUT2D eigenvalue weighted by molar-refractivity contribution is -0.137. The lowest BCUT2D eigenvalue weighted by atomic mass is 9.97. The van der Waals surface area contributed by atoms with Crippen molar-refractivity contribution in [1.29, 1.82) is 0 Å². The molecular weight excluding hydrogens is 421 g/mol. The third-order valence-corrected chi connectivity index (χ3v) is 5.25. The average Bonchev–Trinajstić information content (AvgIpc) is 3.27. The first-order chi connectivity index (χ1) is 15.3. The van der Waals surface area contributed by atoms with Gasteiger partial charge >= 0.3 is 12.1 Å². The molecule has 0 fully saturated rings. The number of rotatable bonds is 6. The Morgan fingerprint density at radius 1 is 1.03 bits per heavy atom. The van der Waals surface area contributed by atoms with Gasteiger partial charge in [-0.3, -0.25) is 4.98 Å². The number of alkyl halides is 3. The van der Waals surface area contributed by atoms with Crippen LogP contribution in [0.5, 0.6) is 5.75 Å². The lowest BCUT2D eigenvalue weighted by Crippen LogP contribution is -2.07. The normalized spacial score (nSPS) is 14.0. The van der Waals surface area contributed by atoms with Crippen LogP contribution < -0.4 is 4.74 Å². The summed E-state index contributed by atoms with van der Waals surface area (Å²) in [6.07, 6.45) is -0.142. The Morgan fingerprint density at radius 2 is 1.78 bits per heavy atom. The highest BCUT2D eigenvalue weighted by Crippen LogP contribution is 2.44. The van der Waals surface area contributed by atoms with Crippen LogP contribution in [0.1, 0.15) is 52.1 Å². The van der Waals surface area contributed by atoms with Crippen molar-refractivity contribution in [3.63, 3.8) is 0 Å². The topological polar surface area (TPSA) is 72.3 Å². The molecule has 32 heavy (non-hydrogen) atoms. The maximum atomic E-state index is 13.5. The van der Waals surface area contributed by atoms with Crippen molar-refractivity contribution < 1.29 is 27.8 Å². The molecular formula is C24H19F3N2O3. The van der Waals surface area contributed by atoms with Crippen molar-refractivity contribution in [1.82, 2.24) is 9.97 Å². The molecule has 0 amide bonds. The number of hydrogen-bond donors (Lipinski definition) is 1. The molecule has 2 aromatic carbocycles. The number of aromatic nitrogens is 2. The highest BCUT2D eigenvalue weighted by Gasteiger charge is 2.32. The number of ether oxygens (including phenoxy) is 1. The van der Waals surface area contributed by atoms with Gasteiger partial charge < -0.3 is 9.84 Å². The van der Waals surface area contributed by atoms with E-state index >= 15 is 0 Å². The predicted octanol–water partition coefficient (Wildman–Crippen LogP) is 5.87. The molecule has 0 bridgehead atoms. The zero-order valence-corrected chi connectivity index (χ0v) is 16.9. The first-order valence-corrected chi connectivity index (χ1v) is 9.99. The van der Waals surface area contributed by atoms with Crippen molar-refractivity contribution in [3.05, 3.63) is 89.0 Å². The molecule has 1 aliphatic rings. The standard InChI is InChI=1S/C24H19F3N2O3/c25-24(26,27)16-9-10-22(32-14-15-5-2-1-3-6-15)19(11-16)17-7-4-8-18(17)20-12-28-13-21(29-20)23(30)31/h1-3,5-6,9-13H,4,7-8,14H2,(H,30,31). The lowest BCUT2D eigenvalue weighted by Gasteiger charge is -2.17. The molecule has 0 saturated carbocycles. The van der Waals surface area contributed by atoms with E-state index in [1.165, 1.54) is 12.3 Å². The molecule has 164 valence electrons. The van der Waals surface area contributed by atoms with Crippen LogP contribution in [-0.2, 0) is 12.8 Å². The average molecular weight is 440 g/mol. The van der Waals surface area contributed by atoms with Gasteiger partial charge in [0.1, 0.15) is 12.4 Å². The fraction of sp³-hybridized carbons (Fsp3) is 0.208. The predicted molar refractivity (Wildman–Crippen MR) is 112 cm³/mol. The number of carboxylic acid groups (broad SMARTS) is 1. The molecule has 4 rings (SSSR count). The summed E-state index contributed by atoms with van der Waals surface area (Å²) in [5.41, 5.74) is 1.93. The van der Waals surface area contributed by atoms with E-state index in [2.05, 4.69) is 9.97 Å². The molecule has 0 radical (unpaired) electrons. The molecule has 5 nitrogen and oxygen atoms in total. The van der Waals surface area contributed by atoms with Gasteiger partial charge in [0, 0.05) is 5.56 Å². The molecule has 0 aliphatic heterocycles. The molecule has 8 heteroatoms. The Kier molecular flexibility index (Phi) is 5.94. The molecule has 3 aromatic rings. The molecule has 0 atom stereocenters. The van der Waals surface area contributed by atoms with Crippen LogP contribution in [0, 0.1) is 0 Å². The maximum Gasteiger partial charge on any atom is 0.416 e. The van der Waals surface area contributed by atoms with Crippen LogP contribution in [0.2, 0.25) is 0 Å². The van der Waals surface area contributed by atoms with Crippen LogP contribution in [0.15, 0.2) is 60.9 Å². The first kappa shape index (κ1) is 21.5. The van der Waals surface area contributed by atoms with Gasteiger partial charge in [-0.2, -0.15) is 13.2 Å². The Morgan fingerprint density at radius 3 is 2.50 bits per heavy atom. The van der Waals surface area contributed by atoms with Gasteiger partial charge in [0.25, 0.3) is 0 Å². The third-order valence-electron chi connectivity index (χ3n) is 5.25. The van der Waals surface area contributed by atoms with Gasteiger partial charge in [0.05, 0.1) is 23.7 Å². The second-order valence-electron chi connectivity index (χ2n) is 7.39. The van der Waals surface area contributed by atoms with Gasteiger partial charge in [0.15, 0.2) is 5.69 Å². The van der Waals surface area contributed by atoms with Gasteiger partial charge in [-0.05, 0) is 54.2 Å². The third kappa shape index (κ3) is 4.64. The number of halogens is 3. The quantitative estimate of drug-likeness (QED) is 0.519. The Bertz CT molecular complexity index is 1170. The summed E-state index contributed by atoms with van der Waals surface area (Å²) in [5, 5.41) is 9.22. The summed E-state index contributed by atoms with van der Waals surface area (Å²) in [4.78, 5) is 19.4. The summed E-state index contributed by atoms with van der Waals surface area (Å²) in [6, 6.07) is 12.8. The fourth-order valence-electron chi connectivity index (χ4n) is 3.74. The Labute approximate surface area is 182 Å². The Hall–Kier alpha value is -3.68. The summed E-state index contributed by atoms with van der Waals surface area (Å²) in [6.45, 7) is 0.204. The summed E-state index contributed by atoms with van der Waals surface area (Å²) in [5.74, 6) is -0.885. The Balaban J connectivity index is 1.79. The minimum atomic E-state index is -4.50. The second-order valence-corrected chi connectivity index (χ2v) is 7.39. The highest BCUT2D eigenvalue weighted by atomic mass is 19.4. The molecule has 0 saturated heterocycles.